The van der Waals surface area contributed by atoms with E-state index in [0.29, 0.717) is 0 Å². The molecule has 0 saturated carbocycles. The van der Waals surface area contributed by atoms with Gasteiger partial charge in [0.2, 0.25) is 0 Å². The van der Waals surface area contributed by atoms with Crippen molar-refractivity contribution in [2.75, 3.05) is 0 Å². The number of nitrogens with zero attached hydrogens (tertiary/aromatic N) is 1. The summed E-state index contributed by atoms with van der Waals surface area (Å²) < 4.78 is 2.38. The molecule has 0 amide bonds. The number of benzene rings is 8. The third kappa shape index (κ3) is 6.05. The van der Waals surface area contributed by atoms with Crippen LogP contribution in [0.15, 0.2) is 194 Å². The van der Waals surface area contributed by atoms with E-state index in [2.05, 4.69) is 213 Å². The zero-order valence-corrected chi connectivity index (χ0v) is 30.2. The van der Waals surface area contributed by atoms with Crippen LogP contribution in [0.25, 0.3) is 72.0 Å². The van der Waals surface area contributed by atoms with Crippen molar-refractivity contribution in [1.29, 1.82) is 0 Å². The van der Waals surface area contributed by atoms with Crippen molar-refractivity contribution in [3.05, 3.63) is 211 Å². The zero-order chi connectivity index (χ0) is 35.7. The lowest BCUT2D eigenvalue weighted by Gasteiger charge is -2.22. The normalized spacial score (nSPS) is 12.0. The quantitative estimate of drug-likeness (QED) is 0.151. The van der Waals surface area contributed by atoms with Crippen molar-refractivity contribution >= 4 is 21.8 Å². The highest BCUT2D eigenvalue weighted by Crippen LogP contribution is 2.40. The van der Waals surface area contributed by atoms with Gasteiger partial charge in [0.05, 0.1) is 11.0 Å². The standard InChI is InChI=1S/C52H41N/c1-3-45(41-30-28-40(29-31-41)39-26-24-38(25-27-39)37-14-6-4-7-15-37)46-18-10-11-19-47(46)49-34-42(23-22-36(49)2)43-32-33-52-50(35-43)48-20-12-13-21-51(48)53(52)44-16-8-5-9-17-44/h4-35,45H,3H2,1-2H3. The van der Waals surface area contributed by atoms with E-state index in [0.717, 1.165) is 6.42 Å². The van der Waals surface area contributed by atoms with E-state index in [1.165, 1.54) is 88.7 Å². The average molecular weight is 680 g/mol. The summed E-state index contributed by atoms with van der Waals surface area (Å²) >= 11 is 0. The third-order valence-electron chi connectivity index (χ3n) is 10.9. The first-order valence-electron chi connectivity index (χ1n) is 18.7. The van der Waals surface area contributed by atoms with E-state index in [9.17, 15) is 0 Å². The minimum absolute atomic E-state index is 0.282. The van der Waals surface area contributed by atoms with E-state index in [-0.39, 0.29) is 5.92 Å². The highest BCUT2D eigenvalue weighted by molar-refractivity contribution is 6.10. The topological polar surface area (TPSA) is 4.93 Å². The molecule has 0 aliphatic carbocycles. The lowest BCUT2D eigenvalue weighted by atomic mass is 9.82. The first-order valence-corrected chi connectivity index (χ1v) is 18.7. The molecule has 8 aromatic carbocycles. The molecule has 1 nitrogen and oxygen atoms in total. The summed E-state index contributed by atoms with van der Waals surface area (Å²) in [4.78, 5) is 0. The predicted molar refractivity (Wildman–Crippen MR) is 226 cm³/mol. The summed E-state index contributed by atoms with van der Waals surface area (Å²) in [5, 5.41) is 2.54. The van der Waals surface area contributed by atoms with Crippen molar-refractivity contribution in [2.45, 2.75) is 26.2 Å². The molecule has 254 valence electrons. The van der Waals surface area contributed by atoms with Crippen molar-refractivity contribution in [3.63, 3.8) is 0 Å². The number of hydrogen-bond acceptors (Lipinski definition) is 0. The summed E-state index contributed by atoms with van der Waals surface area (Å²) in [5.74, 6) is 0.282. The maximum absolute atomic E-state index is 2.40. The molecule has 0 fully saturated rings. The van der Waals surface area contributed by atoms with Gasteiger partial charge in [-0.1, -0.05) is 165 Å². The second-order valence-corrected chi connectivity index (χ2v) is 14.1. The molecule has 0 saturated heterocycles. The maximum atomic E-state index is 2.40. The summed E-state index contributed by atoms with van der Waals surface area (Å²) in [5.41, 5.74) is 17.6. The predicted octanol–water partition coefficient (Wildman–Crippen LogP) is 14.3. The zero-order valence-electron chi connectivity index (χ0n) is 30.2. The molecule has 9 rings (SSSR count). The van der Waals surface area contributed by atoms with Gasteiger partial charge in [0.25, 0.3) is 0 Å². The van der Waals surface area contributed by atoms with Crippen molar-refractivity contribution < 1.29 is 0 Å². The SMILES string of the molecule is CCC(c1ccc(-c2ccc(-c3ccccc3)cc2)cc1)c1ccccc1-c1cc(-c2ccc3c(c2)c2ccccc2n3-c2ccccc2)ccc1C. The van der Waals surface area contributed by atoms with Crippen molar-refractivity contribution in [1.82, 2.24) is 4.57 Å². The van der Waals surface area contributed by atoms with Crippen LogP contribution in [-0.2, 0) is 0 Å². The lowest BCUT2D eigenvalue weighted by Crippen LogP contribution is -2.03. The Kier molecular flexibility index (Phi) is 8.54. The maximum Gasteiger partial charge on any atom is 0.0541 e. The number of hydrogen-bond donors (Lipinski definition) is 0. The third-order valence-corrected chi connectivity index (χ3v) is 10.9. The Hall–Kier alpha value is -6.44. The Labute approximate surface area is 312 Å². The minimum atomic E-state index is 0.282. The Morgan fingerprint density at radius 2 is 0.943 bits per heavy atom. The fourth-order valence-electron chi connectivity index (χ4n) is 8.17. The summed E-state index contributed by atoms with van der Waals surface area (Å²) in [6.07, 6.45) is 1.02. The summed E-state index contributed by atoms with van der Waals surface area (Å²) in [6.45, 7) is 4.55. The van der Waals surface area contributed by atoms with Gasteiger partial charge in [-0.25, -0.2) is 0 Å². The first-order chi connectivity index (χ1) is 26.2. The van der Waals surface area contributed by atoms with E-state index < -0.39 is 0 Å². The molecule has 0 radical (unpaired) electrons. The molecular weight excluding hydrogens is 639 g/mol. The highest BCUT2D eigenvalue weighted by atomic mass is 15.0. The molecule has 53 heavy (non-hydrogen) atoms. The van der Waals surface area contributed by atoms with E-state index in [1.54, 1.807) is 0 Å². The molecule has 0 spiro atoms. The number of aromatic nitrogens is 1. The number of fused-ring (bicyclic) bond motifs is 3. The Morgan fingerprint density at radius 3 is 1.66 bits per heavy atom. The largest absolute Gasteiger partial charge is 0.309 e. The summed E-state index contributed by atoms with van der Waals surface area (Å²) in [7, 11) is 0. The van der Waals surface area contributed by atoms with Gasteiger partial charge in [-0.05, 0) is 111 Å². The highest BCUT2D eigenvalue weighted by Gasteiger charge is 2.19. The molecule has 0 N–H and O–H groups in total. The smallest absolute Gasteiger partial charge is 0.0541 e. The molecule has 0 aliphatic rings. The lowest BCUT2D eigenvalue weighted by molar-refractivity contribution is 0.779. The number of para-hydroxylation sites is 2. The van der Waals surface area contributed by atoms with Crippen molar-refractivity contribution in [3.8, 4) is 50.2 Å². The van der Waals surface area contributed by atoms with E-state index in [1.807, 2.05) is 0 Å². The van der Waals surface area contributed by atoms with Crippen LogP contribution in [0, 0.1) is 6.92 Å². The van der Waals surface area contributed by atoms with Crippen LogP contribution in [-0.4, -0.2) is 4.57 Å². The van der Waals surface area contributed by atoms with E-state index >= 15 is 0 Å². The Bertz CT molecular complexity index is 2680. The fourth-order valence-corrected chi connectivity index (χ4v) is 8.17. The van der Waals surface area contributed by atoms with Gasteiger partial charge < -0.3 is 4.57 Å². The van der Waals surface area contributed by atoms with E-state index in [4.69, 9.17) is 0 Å². The van der Waals surface area contributed by atoms with Crippen LogP contribution in [0.4, 0.5) is 0 Å². The second-order valence-electron chi connectivity index (χ2n) is 14.1. The average Bonchev–Trinajstić information content (AvgIpc) is 3.56. The molecule has 0 bridgehead atoms. The monoisotopic (exact) mass is 679 g/mol. The van der Waals surface area contributed by atoms with Crippen LogP contribution < -0.4 is 0 Å². The van der Waals surface area contributed by atoms with Gasteiger partial charge >= 0.3 is 0 Å². The number of aryl methyl sites for hydroxylation is 1. The van der Waals surface area contributed by atoms with Crippen molar-refractivity contribution in [2.24, 2.45) is 0 Å². The minimum Gasteiger partial charge on any atom is -0.309 e. The Morgan fingerprint density at radius 1 is 0.415 bits per heavy atom. The van der Waals surface area contributed by atoms with Crippen LogP contribution >= 0.6 is 0 Å². The van der Waals surface area contributed by atoms with Crippen LogP contribution in [0.2, 0.25) is 0 Å². The number of rotatable bonds is 8. The second kappa shape index (κ2) is 13.9. The molecule has 0 aliphatic heterocycles. The van der Waals surface area contributed by atoms with Gasteiger partial charge in [0.15, 0.2) is 0 Å². The van der Waals surface area contributed by atoms with Crippen LogP contribution in [0.1, 0.15) is 36.0 Å². The first kappa shape index (κ1) is 32.5. The molecule has 9 aromatic rings. The van der Waals surface area contributed by atoms with Gasteiger partial charge in [-0.2, -0.15) is 0 Å². The van der Waals surface area contributed by atoms with Crippen LogP contribution in [0.3, 0.4) is 0 Å². The molecular formula is C52H41N. The molecule has 1 aromatic heterocycles. The molecule has 1 atom stereocenters. The Balaban J connectivity index is 1.06. The molecule has 1 heterocycles. The van der Waals surface area contributed by atoms with Gasteiger partial charge in [0.1, 0.15) is 0 Å². The van der Waals surface area contributed by atoms with Crippen LogP contribution in [0.5, 0.6) is 0 Å². The van der Waals surface area contributed by atoms with Gasteiger partial charge in [-0.3, -0.25) is 0 Å². The fraction of sp³-hybridized carbons (Fsp3) is 0.0769. The van der Waals surface area contributed by atoms with Gasteiger partial charge in [0, 0.05) is 22.4 Å². The van der Waals surface area contributed by atoms with Gasteiger partial charge in [-0.15, -0.1) is 0 Å². The molecule has 1 heteroatoms. The summed E-state index contributed by atoms with van der Waals surface area (Å²) in [6, 6.07) is 71.1. The molecule has 1 unspecified atom stereocenters.